The highest BCUT2D eigenvalue weighted by atomic mass is 16.5. The van der Waals surface area contributed by atoms with Gasteiger partial charge in [0, 0.05) is 13.1 Å². The minimum absolute atomic E-state index is 0.273. The third-order valence-corrected chi connectivity index (χ3v) is 2.63. The normalized spacial score (nSPS) is 11.9. The standard InChI is InChI=1S/C15H19NO2/c1-4-11-16(12-5-2)14(15(17)18-3)13-9-7-6-8-10-13/h4-10,14H,1-2,11-12H2,3H3/t14-/m0/s1. The molecule has 0 heterocycles. The van der Waals surface area contributed by atoms with Crippen LogP contribution in [0.3, 0.4) is 0 Å². The maximum atomic E-state index is 12.0. The van der Waals surface area contributed by atoms with Crippen LogP contribution in [0.2, 0.25) is 0 Å². The van der Waals surface area contributed by atoms with Crippen molar-refractivity contribution in [3.8, 4) is 0 Å². The summed E-state index contributed by atoms with van der Waals surface area (Å²) in [6.07, 6.45) is 3.53. The molecule has 0 bridgehead atoms. The first-order valence-corrected chi connectivity index (χ1v) is 5.83. The largest absolute Gasteiger partial charge is 0.468 e. The van der Waals surface area contributed by atoms with E-state index in [9.17, 15) is 4.79 Å². The van der Waals surface area contributed by atoms with Gasteiger partial charge < -0.3 is 4.74 Å². The maximum absolute atomic E-state index is 12.0. The fraction of sp³-hybridized carbons (Fsp3) is 0.267. The number of hydrogen-bond donors (Lipinski definition) is 0. The summed E-state index contributed by atoms with van der Waals surface area (Å²) >= 11 is 0. The summed E-state index contributed by atoms with van der Waals surface area (Å²) in [7, 11) is 1.40. The molecule has 96 valence electrons. The molecule has 0 radical (unpaired) electrons. The van der Waals surface area contributed by atoms with Crippen molar-refractivity contribution in [3.05, 3.63) is 61.2 Å². The monoisotopic (exact) mass is 245 g/mol. The van der Waals surface area contributed by atoms with Crippen molar-refractivity contribution in [2.24, 2.45) is 0 Å². The number of carbonyl (C=O) groups is 1. The minimum atomic E-state index is -0.424. The highest BCUT2D eigenvalue weighted by Crippen LogP contribution is 2.21. The predicted octanol–water partition coefficient (Wildman–Crippen LogP) is 2.57. The van der Waals surface area contributed by atoms with Crippen LogP contribution in [-0.4, -0.2) is 31.1 Å². The van der Waals surface area contributed by atoms with Gasteiger partial charge in [0.25, 0.3) is 0 Å². The van der Waals surface area contributed by atoms with Gasteiger partial charge >= 0.3 is 5.97 Å². The quantitative estimate of drug-likeness (QED) is 0.546. The summed E-state index contributed by atoms with van der Waals surface area (Å²) in [6.45, 7) is 8.63. The molecule has 1 rings (SSSR count). The van der Waals surface area contributed by atoms with Gasteiger partial charge in [0.2, 0.25) is 0 Å². The molecule has 0 saturated carbocycles. The molecular formula is C15H19NO2. The lowest BCUT2D eigenvalue weighted by Crippen LogP contribution is -2.35. The van der Waals surface area contributed by atoms with Gasteiger partial charge in [-0.15, -0.1) is 13.2 Å². The van der Waals surface area contributed by atoms with E-state index in [4.69, 9.17) is 4.74 Å². The second-order valence-corrected chi connectivity index (χ2v) is 3.87. The first-order valence-electron chi connectivity index (χ1n) is 5.83. The number of nitrogens with zero attached hydrogens (tertiary/aromatic N) is 1. The van der Waals surface area contributed by atoms with Crippen LogP contribution in [0.15, 0.2) is 55.6 Å². The van der Waals surface area contributed by atoms with E-state index in [1.165, 1.54) is 7.11 Å². The van der Waals surface area contributed by atoms with E-state index >= 15 is 0 Å². The molecular weight excluding hydrogens is 226 g/mol. The molecule has 0 unspecified atom stereocenters. The third kappa shape index (κ3) is 3.57. The van der Waals surface area contributed by atoms with E-state index in [0.717, 1.165) is 5.56 Å². The fourth-order valence-corrected chi connectivity index (χ4v) is 1.86. The molecule has 1 aromatic rings. The van der Waals surface area contributed by atoms with Crippen molar-refractivity contribution < 1.29 is 9.53 Å². The van der Waals surface area contributed by atoms with Gasteiger partial charge in [-0.1, -0.05) is 42.5 Å². The van der Waals surface area contributed by atoms with Crippen LogP contribution in [-0.2, 0) is 9.53 Å². The van der Waals surface area contributed by atoms with Gasteiger partial charge in [0.1, 0.15) is 6.04 Å². The predicted molar refractivity (Wildman–Crippen MR) is 73.2 cm³/mol. The first kappa shape index (κ1) is 14.2. The first-order chi connectivity index (χ1) is 8.74. The number of benzene rings is 1. The van der Waals surface area contributed by atoms with E-state index in [-0.39, 0.29) is 5.97 Å². The highest BCUT2D eigenvalue weighted by Gasteiger charge is 2.26. The molecule has 1 atom stereocenters. The van der Waals surface area contributed by atoms with Crippen LogP contribution in [0.5, 0.6) is 0 Å². The van der Waals surface area contributed by atoms with Crippen LogP contribution >= 0.6 is 0 Å². The second kappa shape index (κ2) is 7.45. The third-order valence-electron chi connectivity index (χ3n) is 2.63. The Balaban J connectivity index is 3.06. The molecule has 0 aromatic heterocycles. The number of carbonyl (C=O) groups excluding carboxylic acids is 1. The Kier molecular flexibility index (Phi) is 5.88. The molecule has 0 saturated heterocycles. The van der Waals surface area contributed by atoms with Gasteiger partial charge in [0.15, 0.2) is 0 Å². The Morgan fingerprint density at radius 2 is 1.83 bits per heavy atom. The Bertz CT molecular complexity index is 390. The lowest BCUT2D eigenvalue weighted by Gasteiger charge is -2.27. The molecule has 0 spiro atoms. The number of methoxy groups -OCH3 is 1. The summed E-state index contributed by atoms with van der Waals surface area (Å²) in [6, 6.07) is 9.15. The Labute approximate surface area is 108 Å². The Hall–Kier alpha value is -1.87. The van der Waals surface area contributed by atoms with Crippen LogP contribution in [0.1, 0.15) is 11.6 Å². The SMILES string of the molecule is C=CCN(CC=C)[C@H](C(=O)OC)c1ccccc1. The van der Waals surface area contributed by atoms with Crippen LogP contribution in [0.4, 0.5) is 0 Å². The van der Waals surface area contributed by atoms with E-state index in [2.05, 4.69) is 13.2 Å². The molecule has 3 heteroatoms. The van der Waals surface area contributed by atoms with Crippen LogP contribution in [0.25, 0.3) is 0 Å². The van der Waals surface area contributed by atoms with E-state index in [1.54, 1.807) is 12.2 Å². The molecule has 0 aliphatic rings. The van der Waals surface area contributed by atoms with Crippen molar-refractivity contribution >= 4 is 5.97 Å². The van der Waals surface area contributed by atoms with Crippen LogP contribution < -0.4 is 0 Å². The average molecular weight is 245 g/mol. The van der Waals surface area contributed by atoms with Gasteiger partial charge in [-0.25, -0.2) is 4.79 Å². The van der Waals surface area contributed by atoms with Gasteiger partial charge in [-0.3, -0.25) is 4.90 Å². The Morgan fingerprint density at radius 1 is 1.28 bits per heavy atom. The second-order valence-electron chi connectivity index (χ2n) is 3.87. The summed E-state index contributed by atoms with van der Waals surface area (Å²) in [4.78, 5) is 13.9. The molecule has 3 nitrogen and oxygen atoms in total. The molecule has 0 fully saturated rings. The molecule has 0 aliphatic carbocycles. The number of rotatable bonds is 7. The zero-order valence-corrected chi connectivity index (χ0v) is 10.7. The molecule has 0 N–H and O–H groups in total. The lowest BCUT2D eigenvalue weighted by molar-refractivity contribution is -0.146. The molecule has 1 aromatic carbocycles. The molecule has 0 aliphatic heterocycles. The van der Waals surface area contributed by atoms with Gasteiger partial charge in [-0.2, -0.15) is 0 Å². The van der Waals surface area contributed by atoms with E-state index in [1.807, 2.05) is 35.2 Å². The fourth-order valence-electron chi connectivity index (χ4n) is 1.86. The molecule has 18 heavy (non-hydrogen) atoms. The van der Waals surface area contributed by atoms with E-state index < -0.39 is 6.04 Å². The zero-order valence-electron chi connectivity index (χ0n) is 10.7. The van der Waals surface area contributed by atoms with Crippen LogP contribution in [0, 0.1) is 0 Å². The lowest BCUT2D eigenvalue weighted by atomic mass is 10.1. The van der Waals surface area contributed by atoms with Gasteiger partial charge in [-0.05, 0) is 5.56 Å². The topological polar surface area (TPSA) is 29.5 Å². The zero-order chi connectivity index (χ0) is 13.4. The minimum Gasteiger partial charge on any atom is -0.468 e. The van der Waals surface area contributed by atoms with Gasteiger partial charge in [0.05, 0.1) is 7.11 Å². The van der Waals surface area contributed by atoms with Crippen molar-refractivity contribution in [1.29, 1.82) is 0 Å². The highest BCUT2D eigenvalue weighted by molar-refractivity contribution is 5.77. The number of hydrogen-bond acceptors (Lipinski definition) is 3. The smallest absolute Gasteiger partial charge is 0.327 e. The average Bonchev–Trinajstić information content (AvgIpc) is 2.40. The Morgan fingerprint density at radius 3 is 2.28 bits per heavy atom. The van der Waals surface area contributed by atoms with E-state index in [0.29, 0.717) is 13.1 Å². The number of ether oxygens (including phenoxy) is 1. The van der Waals surface area contributed by atoms with Crippen molar-refractivity contribution in [2.75, 3.05) is 20.2 Å². The summed E-state index contributed by atoms with van der Waals surface area (Å²) < 4.78 is 4.89. The van der Waals surface area contributed by atoms with Crippen molar-refractivity contribution in [3.63, 3.8) is 0 Å². The van der Waals surface area contributed by atoms with Crippen molar-refractivity contribution in [2.45, 2.75) is 6.04 Å². The summed E-state index contributed by atoms with van der Waals surface area (Å²) in [5, 5.41) is 0. The molecule has 0 amide bonds. The summed E-state index contributed by atoms with van der Waals surface area (Å²) in [5.74, 6) is -0.273. The van der Waals surface area contributed by atoms with Crippen molar-refractivity contribution in [1.82, 2.24) is 4.90 Å². The maximum Gasteiger partial charge on any atom is 0.327 e. The number of esters is 1. The summed E-state index contributed by atoms with van der Waals surface area (Å²) in [5.41, 5.74) is 0.910.